The average Bonchev–Trinajstić information content (AvgIpc) is 3.30. The predicted octanol–water partition coefficient (Wildman–Crippen LogP) is 5.85. The standard InChI is InChI=1S/C35H60O6/c1-7-22(20(2)3)9-8-21(4)26-12-13-27-25-11-10-23-18-24(14-16-34(23,5)28(25)15-17-35(26,27)6)40-33-32(39)31(38)30(37)29(19-36)41-33/h10,20-22,24-33,36-39H,7-9,11-19H2,1-6H3/t21?,22-,24+,25?,26-,27?,28?,29?,30?,31?,32?,33?,34+,35-/m1/s1. The van der Waals surface area contributed by atoms with Gasteiger partial charge in [-0.2, -0.15) is 0 Å². The highest BCUT2D eigenvalue weighted by Gasteiger charge is 2.59. The Morgan fingerprint density at radius 2 is 1.71 bits per heavy atom. The van der Waals surface area contributed by atoms with Crippen molar-refractivity contribution in [3.63, 3.8) is 0 Å². The SMILES string of the molecule is CC[C@H](CCC(C)[C@H]1CCC2C3CC=C4C[C@@H](OC5OC(CO)C(O)C(O)C5O)CC[C@]4(C)C3CC[C@@]21C)C(C)C. The monoisotopic (exact) mass is 576 g/mol. The van der Waals surface area contributed by atoms with Crippen LogP contribution in [0.5, 0.6) is 0 Å². The molecule has 4 aliphatic carbocycles. The molecular weight excluding hydrogens is 516 g/mol. The minimum absolute atomic E-state index is 0.101. The van der Waals surface area contributed by atoms with Crippen molar-refractivity contribution in [2.24, 2.45) is 52.3 Å². The zero-order valence-electron chi connectivity index (χ0n) is 26.7. The molecule has 5 rings (SSSR count). The van der Waals surface area contributed by atoms with Gasteiger partial charge in [0.1, 0.15) is 24.4 Å². The molecule has 0 aromatic carbocycles. The molecule has 0 aromatic heterocycles. The highest BCUT2D eigenvalue weighted by molar-refractivity contribution is 5.25. The van der Waals surface area contributed by atoms with Crippen LogP contribution in [0.4, 0.5) is 0 Å². The van der Waals surface area contributed by atoms with Gasteiger partial charge in [0.15, 0.2) is 6.29 Å². The first-order chi connectivity index (χ1) is 19.4. The van der Waals surface area contributed by atoms with Gasteiger partial charge in [-0.25, -0.2) is 0 Å². The normalized spacial score (nSPS) is 47.7. The molecule has 236 valence electrons. The highest BCUT2D eigenvalue weighted by atomic mass is 16.7. The van der Waals surface area contributed by atoms with Crippen LogP contribution < -0.4 is 0 Å². The lowest BCUT2D eigenvalue weighted by Crippen LogP contribution is -2.60. The quantitative estimate of drug-likeness (QED) is 0.257. The van der Waals surface area contributed by atoms with Crippen molar-refractivity contribution in [1.29, 1.82) is 0 Å². The summed E-state index contributed by atoms with van der Waals surface area (Å²) >= 11 is 0. The van der Waals surface area contributed by atoms with Gasteiger partial charge in [-0.05, 0) is 110 Å². The number of aliphatic hydroxyl groups excluding tert-OH is 4. The molecule has 14 atom stereocenters. The van der Waals surface area contributed by atoms with Gasteiger partial charge in [0.2, 0.25) is 0 Å². The fourth-order valence-corrected chi connectivity index (χ4v) is 10.8. The summed E-state index contributed by atoms with van der Waals surface area (Å²) in [5.74, 6) is 5.66. The fraction of sp³-hybridized carbons (Fsp3) is 0.943. The van der Waals surface area contributed by atoms with Gasteiger partial charge >= 0.3 is 0 Å². The lowest BCUT2D eigenvalue weighted by molar-refractivity contribution is -0.313. The van der Waals surface area contributed by atoms with Crippen molar-refractivity contribution in [1.82, 2.24) is 0 Å². The zero-order valence-corrected chi connectivity index (χ0v) is 26.7. The number of hydrogen-bond donors (Lipinski definition) is 4. The lowest BCUT2D eigenvalue weighted by atomic mass is 9.47. The van der Waals surface area contributed by atoms with E-state index in [2.05, 4.69) is 47.6 Å². The van der Waals surface area contributed by atoms with Crippen molar-refractivity contribution in [3.8, 4) is 0 Å². The molecule has 3 saturated carbocycles. The van der Waals surface area contributed by atoms with Crippen LogP contribution in [0.3, 0.4) is 0 Å². The number of ether oxygens (including phenoxy) is 2. The third-order valence-electron chi connectivity index (χ3n) is 13.5. The molecule has 4 fully saturated rings. The van der Waals surface area contributed by atoms with Gasteiger partial charge in [0.25, 0.3) is 0 Å². The molecule has 9 unspecified atom stereocenters. The Kier molecular flexibility index (Phi) is 9.71. The minimum Gasteiger partial charge on any atom is -0.394 e. The second-order valence-electron chi connectivity index (χ2n) is 15.7. The number of fused-ring (bicyclic) bond motifs is 5. The first-order valence-corrected chi connectivity index (χ1v) is 17.1. The third kappa shape index (κ3) is 5.73. The number of allylic oxidation sites excluding steroid dienone is 1. The van der Waals surface area contributed by atoms with Crippen molar-refractivity contribution >= 4 is 0 Å². The van der Waals surface area contributed by atoms with Crippen LogP contribution in [0.25, 0.3) is 0 Å². The molecule has 0 bridgehead atoms. The van der Waals surface area contributed by atoms with Gasteiger partial charge in [0.05, 0.1) is 12.7 Å². The van der Waals surface area contributed by atoms with E-state index in [1.54, 1.807) is 0 Å². The summed E-state index contributed by atoms with van der Waals surface area (Å²) < 4.78 is 11.9. The lowest BCUT2D eigenvalue weighted by Gasteiger charge is -2.58. The maximum atomic E-state index is 10.5. The van der Waals surface area contributed by atoms with Crippen LogP contribution in [0, 0.1) is 52.3 Å². The van der Waals surface area contributed by atoms with E-state index in [0.717, 1.165) is 60.7 Å². The van der Waals surface area contributed by atoms with E-state index in [1.165, 1.54) is 56.9 Å². The molecule has 5 aliphatic rings. The topological polar surface area (TPSA) is 99.4 Å². The van der Waals surface area contributed by atoms with Crippen LogP contribution in [0.1, 0.15) is 112 Å². The fourth-order valence-electron chi connectivity index (χ4n) is 10.8. The van der Waals surface area contributed by atoms with E-state index in [0.29, 0.717) is 5.41 Å². The van der Waals surface area contributed by atoms with E-state index in [9.17, 15) is 20.4 Å². The number of rotatable bonds is 9. The summed E-state index contributed by atoms with van der Waals surface area (Å²) in [6.45, 7) is 14.5. The molecule has 0 amide bonds. The maximum absolute atomic E-state index is 10.5. The Bertz CT molecular complexity index is 918. The first-order valence-electron chi connectivity index (χ1n) is 17.1. The Balaban J connectivity index is 1.24. The second-order valence-corrected chi connectivity index (χ2v) is 15.7. The largest absolute Gasteiger partial charge is 0.394 e. The molecule has 1 heterocycles. The molecule has 6 nitrogen and oxygen atoms in total. The molecule has 41 heavy (non-hydrogen) atoms. The molecular formula is C35H60O6. The summed E-state index contributed by atoms with van der Waals surface area (Å²) in [7, 11) is 0. The van der Waals surface area contributed by atoms with Crippen LogP contribution in [-0.2, 0) is 9.47 Å². The van der Waals surface area contributed by atoms with Crippen LogP contribution >= 0.6 is 0 Å². The Morgan fingerprint density at radius 3 is 2.39 bits per heavy atom. The average molecular weight is 577 g/mol. The van der Waals surface area contributed by atoms with E-state index >= 15 is 0 Å². The molecule has 4 N–H and O–H groups in total. The van der Waals surface area contributed by atoms with Gasteiger partial charge in [-0.15, -0.1) is 0 Å². The Labute approximate surface area is 249 Å². The summed E-state index contributed by atoms with van der Waals surface area (Å²) in [4.78, 5) is 0. The van der Waals surface area contributed by atoms with Crippen molar-refractivity contribution < 1.29 is 29.9 Å². The summed E-state index contributed by atoms with van der Waals surface area (Å²) in [5.41, 5.74) is 2.19. The number of hydrogen-bond acceptors (Lipinski definition) is 6. The zero-order chi connectivity index (χ0) is 29.7. The van der Waals surface area contributed by atoms with Crippen molar-refractivity contribution in [2.45, 2.75) is 149 Å². The molecule has 0 spiro atoms. The van der Waals surface area contributed by atoms with Crippen LogP contribution in [0.2, 0.25) is 0 Å². The predicted molar refractivity (Wildman–Crippen MR) is 161 cm³/mol. The summed E-state index contributed by atoms with van der Waals surface area (Å²) in [5, 5.41) is 40.4. The van der Waals surface area contributed by atoms with E-state index < -0.39 is 37.3 Å². The van der Waals surface area contributed by atoms with Crippen LogP contribution in [0.15, 0.2) is 11.6 Å². The molecule has 1 aliphatic heterocycles. The Morgan fingerprint density at radius 1 is 0.951 bits per heavy atom. The summed E-state index contributed by atoms with van der Waals surface area (Å²) in [6.07, 6.45) is 9.92. The first kappa shape index (κ1) is 31.9. The summed E-state index contributed by atoms with van der Waals surface area (Å²) in [6, 6.07) is 0. The third-order valence-corrected chi connectivity index (χ3v) is 13.5. The van der Waals surface area contributed by atoms with Crippen LogP contribution in [-0.4, -0.2) is 63.8 Å². The van der Waals surface area contributed by atoms with Crippen molar-refractivity contribution in [2.75, 3.05) is 6.61 Å². The minimum atomic E-state index is -1.40. The van der Waals surface area contributed by atoms with E-state index in [4.69, 9.17) is 9.47 Å². The Hall–Kier alpha value is -0.500. The molecule has 0 radical (unpaired) electrons. The maximum Gasteiger partial charge on any atom is 0.186 e. The van der Waals surface area contributed by atoms with Gasteiger partial charge < -0.3 is 29.9 Å². The number of aliphatic hydroxyl groups is 4. The van der Waals surface area contributed by atoms with Crippen molar-refractivity contribution in [3.05, 3.63) is 11.6 Å². The molecule has 0 aromatic rings. The molecule has 6 heteroatoms. The van der Waals surface area contributed by atoms with Gasteiger partial charge in [-0.3, -0.25) is 0 Å². The highest BCUT2D eigenvalue weighted by Crippen LogP contribution is 2.67. The molecule has 1 saturated heterocycles. The second kappa shape index (κ2) is 12.5. The smallest absolute Gasteiger partial charge is 0.186 e. The van der Waals surface area contributed by atoms with Gasteiger partial charge in [-0.1, -0.05) is 66.0 Å². The van der Waals surface area contributed by atoms with Gasteiger partial charge in [0, 0.05) is 0 Å². The van der Waals surface area contributed by atoms with E-state index in [1.807, 2.05) is 0 Å². The van der Waals surface area contributed by atoms with E-state index in [-0.39, 0.29) is 11.5 Å².